The van der Waals surface area contributed by atoms with E-state index in [0.717, 1.165) is 11.3 Å². The minimum Gasteiger partial charge on any atom is -0.493 e. The maximum Gasteiger partial charge on any atom is 0.303 e. The van der Waals surface area contributed by atoms with Crippen LogP contribution in [0.1, 0.15) is 24.3 Å². The van der Waals surface area contributed by atoms with E-state index >= 15 is 0 Å². The van der Waals surface area contributed by atoms with Crippen LogP contribution in [0, 0.1) is 0 Å². The van der Waals surface area contributed by atoms with Gasteiger partial charge in [-0.1, -0.05) is 6.07 Å². The van der Waals surface area contributed by atoms with Crippen molar-refractivity contribution in [1.82, 2.24) is 0 Å². The summed E-state index contributed by atoms with van der Waals surface area (Å²) in [5.74, 6) is -0.0870. The number of benzene rings is 1. The number of carbonyl (C=O) groups is 1. The van der Waals surface area contributed by atoms with Gasteiger partial charge < -0.3 is 15.6 Å². The van der Waals surface area contributed by atoms with Crippen LogP contribution in [0.2, 0.25) is 0 Å². The summed E-state index contributed by atoms with van der Waals surface area (Å²) in [5, 5.41) is 8.80. The van der Waals surface area contributed by atoms with Crippen LogP contribution in [-0.4, -0.2) is 17.7 Å². The predicted molar refractivity (Wildman–Crippen MR) is 56.0 cm³/mol. The number of carboxylic acid groups (broad SMARTS) is 1. The summed E-state index contributed by atoms with van der Waals surface area (Å²) in [4.78, 5) is 10.7. The number of fused-ring (bicyclic) bond motifs is 1. The summed E-state index contributed by atoms with van der Waals surface area (Å²) in [6, 6.07) is 5.43. The Balaban J connectivity index is 2.36. The highest BCUT2D eigenvalue weighted by Gasteiger charge is 2.25. The van der Waals surface area contributed by atoms with Crippen molar-refractivity contribution >= 4 is 11.7 Å². The van der Waals surface area contributed by atoms with Crippen molar-refractivity contribution in [2.75, 3.05) is 12.3 Å². The number of hydrogen-bond donors (Lipinski definition) is 2. The molecule has 3 N–H and O–H groups in total. The van der Waals surface area contributed by atoms with Gasteiger partial charge in [0, 0.05) is 17.2 Å². The molecule has 0 aliphatic carbocycles. The molecule has 1 aliphatic heterocycles. The lowest BCUT2D eigenvalue weighted by Crippen LogP contribution is -2.18. The van der Waals surface area contributed by atoms with Crippen molar-refractivity contribution < 1.29 is 14.6 Å². The zero-order valence-corrected chi connectivity index (χ0v) is 8.27. The summed E-state index contributed by atoms with van der Waals surface area (Å²) >= 11 is 0. The topological polar surface area (TPSA) is 72.6 Å². The largest absolute Gasteiger partial charge is 0.493 e. The summed E-state index contributed by atoms with van der Waals surface area (Å²) in [6.07, 6.45) is 0.831. The lowest BCUT2D eigenvalue weighted by molar-refractivity contribution is -0.137. The van der Waals surface area contributed by atoms with Crippen molar-refractivity contribution in [2.45, 2.75) is 18.8 Å². The number of rotatable bonds is 2. The van der Waals surface area contributed by atoms with Gasteiger partial charge in [0.1, 0.15) is 5.75 Å². The molecule has 4 nitrogen and oxygen atoms in total. The Morgan fingerprint density at radius 3 is 3.13 bits per heavy atom. The molecule has 0 saturated heterocycles. The number of hydrogen-bond acceptors (Lipinski definition) is 3. The number of ether oxygens (including phenoxy) is 1. The molecule has 1 atom stereocenters. The fourth-order valence-electron chi connectivity index (χ4n) is 1.99. The molecule has 4 heteroatoms. The molecule has 1 aromatic carbocycles. The average molecular weight is 207 g/mol. The number of carboxylic acids is 1. The number of nitrogen functional groups attached to an aromatic ring is 1. The van der Waals surface area contributed by atoms with E-state index in [1.165, 1.54) is 0 Å². The van der Waals surface area contributed by atoms with Crippen molar-refractivity contribution in [3.8, 4) is 5.75 Å². The molecule has 0 radical (unpaired) electrons. The molecule has 1 aliphatic rings. The normalized spacial score (nSPS) is 19.1. The van der Waals surface area contributed by atoms with Crippen LogP contribution in [0.15, 0.2) is 18.2 Å². The highest BCUT2D eigenvalue weighted by Crippen LogP contribution is 2.39. The first-order valence-corrected chi connectivity index (χ1v) is 4.91. The van der Waals surface area contributed by atoms with E-state index in [-0.39, 0.29) is 12.3 Å². The summed E-state index contributed by atoms with van der Waals surface area (Å²) < 4.78 is 5.44. The zero-order chi connectivity index (χ0) is 10.8. The quantitative estimate of drug-likeness (QED) is 0.722. The second kappa shape index (κ2) is 3.81. The van der Waals surface area contributed by atoms with Gasteiger partial charge in [0.05, 0.1) is 13.0 Å². The molecule has 1 heterocycles. The fourth-order valence-corrected chi connectivity index (χ4v) is 1.99. The molecule has 1 unspecified atom stereocenters. The van der Waals surface area contributed by atoms with Crippen LogP contribution < -0.4 is 10.5 Å². The van der Waals surface area contributed by atoms with Crippen LogP contribution in [-0.2, 0) is 4.79 Å². The summed E-state index contributed by atoms with van der Waals surface area (Å²) in [7, 11) is 0. The Hall–Kier alpha value is -1.71. The first-order chi connectivity index (χ1) is 7.18. The fraction of sp³-hybridized carbons (Fsp3) is 0.364. The first kappa shape index (κ1) is 9.83. The van der Waals surface area contributed by atoms with E-state index in [0.29, 0.717) is 18.7 Å². The Labute approximate surface area is 87.7 Å². The van der Waals surface area contributed by atoms with Gasteiger partial charge in [-0.2, -0.15) is 0 Å². The van der Waals surface area contributed by atoms with E-state index in [1.807, 2.05) is 12.1 Å². The molecule has 0 amide bonds. The summed E-state index contributed by atoms with van der Waals surface area (Å²) in [5.41, 5.74) is 7.31. The number of anilines is 1. The maximum atomic E-state index is 10.7. The van der Waals surface area contributed by atoms with E-state index in [1.54, 1.807) is 6.07 Å². The van der Waals surface area contributed by atoms with Gasteiger partial charge in [0.2, 0.25) is 0 Å². The smallest absolute Gasteiger partial charge is 0.303 e. The third kappa shape index (κ3) is 1.88. The van der Waals surface area contributed by atoms with Gasteiger partial charge >= 0.3 is 5.97 Å². The molecule has 0 spiro atoms. The highest BCUT2D eigenvalue weighted by molar-refractivity contribution is 5.70. The number of aliphatic carboxylic acids is 1. The lowest BCUT2D eigenvalue weighted by atomic mass is 9.89. The molecule has 15 heavy (non-hydrogen) atoms. The van der Waals surface area contributed by atoms with Crippen LogP contribution in [0.25, 0.3) is 0 Å². The number of nitrogens with two attached hydrogens (primary N) is 1. The molecule has 0 bridgehead atoms. The lowest BCUT2D eigenvalue weighted by Gasteiger charge is -2.26. The van der Waals surface area contributed by atoms with Crippen LogP contribution in [0.3, 0.4) is 0 Å². The molecule has 80 valence electrons. The van der Waals surface area contributed by atoms with Gasteiger partial charge in [-0.15, -0.1) is 0 Å². The van der Waals surface area contributed by atoms with Crippen LogP contribution >= 0.6 is 0 Å². The standard InChI is InChI=1S/C11H13NO3/c12-8-2-1-3-9-11(8)7(4-5-15-9)6-10(13)14/h1-3,7H,4-6,12H2,(H,13,14). The molecule has 0 aromatic heterocycles. The zero-order valence-electron chi connectivity index (χ0n) is 8.27. The molecular formula is C11H13NO3. The van der Waals surface area contributed by atoms with E-state index in [2.05, 4.69) is 0 Å². The van der Waals surface area contributed by atoms with Crippen LogP contribution in [0.5, 0.6) is 5.75 Å². The van der Waals surface area contributed by atoms with E-state index in [4.69, 9.17) is 15.6 Å². The molecule has 1 aromatic rings. The van der Waals surface area contributed by atoms with E-state index < -0.39 is 5.97 Å². The summed E-state index contributed by atoms with van der Waals surface area (Å²) in [6.45, 7) is 0.564. The minimum absolute atomic E-state index is 0.0209. The molecular weight excluding hydrogens is 194 g/mol. The highest BCUT2D eigenvalue weighted by atomic mass is 16.5. The second-order valence-electron chi connectivity index (χ2n) is 3.69. The average Bonchev–Trinajstić information content (AvgIpc) is 2.17. The van der Waals surface area contributed by atoms with Gasteiger partial charge in [0.15, 0.2) is 0 Å². The SMILES string of the molecule is Nc1cccc2c1C(CC(=O)O)CCO2. The Morgan fingerprint density at radius 2 is 2.40 bits per heavy atom. The van der Waals surface area contributed by atoms with Gasteiger partial charge in [-0.25, -0.2) is 0 Å². The predicted octanol–water partition coefficient (Wildman–Crippen LogP) is 1.61. The second-order valence-corrected chi connectivity index (χ2v) is 3.69. The Kier molecular flexibility index (Phi) is 2.49. The van der Waals surface area contributed by atoms with Gasteiger partial charge in [-0.3, -0.25) is 4.79 Å². The minimum atomic E-state index is -0.795. The van der Waals surface area contributed by atoms with Crippen molar-refractivity contribution in [2.24, 2.45) is 0 Å². The Morgan fingerprint density at radius 1 is 1.60 bits per heavy atom. The van der Waals surface area contributed by atoms with Crippen LogP contribution in [0.4, 0.5) is 5.69 Å². The molecule has 0 saturated carbocycles. The van der Waals surface area contributed by atoms with Gasteiger partial charge in [0.25, 0.3) is 0 Å². The molecule has 2 rings (SSSR count). The maximum absolute atomic E-state index is 10.7. The Bertz CT molecular complexity index is 389. The third-order valence-corrected chi connectivity index (χ3v) is 2.65. The van der Waals surface area contributed by atoms with Crippen molar-refractivity contribution in [1.29, 1.82) is 0 Å². The van der Waals surface area contributed by atoms with Crippen molar-refractivity contribution in [3.05, 3.63) is 23.8 Å². The van der Waals surface area contributed by atoms with E-state index in [9.17, 15) is 4.79 Å². The molecule has 0 fully saturated rings. The monoisotopic (exact) mass is 207 g/mol. The third-order valence-electron chi connectivity index (χ3n) is 2.65. The van der Waals surface area contributed by atoms with Gasteiger partial charge in [-0.05, 0) is 18.6 Å². The van der Waals surface area contributed by atoms with Crippen molar-refractivity contribution in [3.63, 3.8) is 0 Å². The first-order valence-electron chi connectivity index (χ1n) is 4.91.